The summed E-state index contributed by atoms with van der Waals surface area (Å²) < 4.78 is 27.3. The number of fused-ring (bicyclic) bond motifs is 3. The van der Waals surface area contributed by atoms with Crippen molar-refractivity contribution in [3.8, 4) is 17.2 Å². The second kappa shape index (κ2) is 23.0. The Morgan fingerprint density at radius 2 is 1.62 bits per heavy atom. The Morgan fingerprint density at radius 3 is 2.41 bits per heavy atom. The van der Waals surface area contributed by atoms with Gasteiger partial charge in [0.1, 0.15) is 36.2 Å². The van der Waals surface area contributed by atoms with Gasteiger partial charge in [-0.3, -0.25) is 9.69 Å². The molecule has 0 spiro atoms. The average Bonchev–Trinajstić information content (AvgIpc) is 3.37. The summed E-state index contributed by atoms with van der Waals surface area (Å²) in [4.78, 5) is 34.8. The zero-order chi connectivity index (χ0) is 47.3. The molecule has 0 radical (unpaired) electrons. The highest BCUT2D eigenvalue weighted by Gasteiger charge is 2.65. The number of hydrogen-bond donors (Lipinski definition) is 2. The van der Waals surface area contributed by atoms with E-state index in [1.165, 1.54) is 0 Å². The number of hydrogen-bond acceptors (Lipinski definition) is 10. The van der Waals surface area contributed by atoms with Crippen LogP contribution in [0, 0.1) is 17.8 Å². The number of aliphatic hydroxyl groups excluding tert-OH is 2. The molecule has 5 aromatic carbocycles. The molecule has 5 aromatic rings. The quantitative estimate of drug-likeness (QED) is 0.0284. The van der Waals surface area contributed by atoms with Gasteiger partial charge in [-0.15, -0.1) is 13.2 Å². The van der Waals surface area contributed by atoms with E-state index in [0.29, 0.717) is 47.8 Å². The van der Waals surface area contributed by atoms with E-state index in [9.17, 15) is 15.0 Å². The monoisotopic (exact) mass is 918 g/mol. The first-order valence-corrected chi connectivity index (χ1v) is 23.9. The summed E-state index contributed by atoms with van der Waals surface area (Å²) in [6.45, 7) is 8.74. The molecule has 0 unspecified atom stereocenters. The molecule has 1 aliphatic heterocycles. The predicted octanol–water partition coefficient (Wildman–Crippen LogP) is 11.5. The third kappa shape index (κ3) is 10.6. The molecule has 6 atom stereocenters. The molecule has 0 saturated heterocycles. The largest absolute Gasteiger partial charge is 0.459 e. The van der Waals surface area contributed by atoms with Gasteiger partial charge < -0.3 is 34.0 Å². The molecular formula is C57H62N2O9. The molecule has 68 heavy (non-hydrogen) atoms. The molecule has 3 aliphatic rings. The molecule has 0 bridgehead atoms. The zero-order valence-electron chi connectivity index (χ0n) is 38.6. The summed E-state index contributed by atoms with van der Waals surface area (Å²) >= 11 is 0. The summed E-state index contributed by atoms with van der Waals surface area (Å²) in [5.41, 5.74) is 4.87. The van der Waals surface area contributed by atoms with Crippen molar-refractivity contribution in [3.63, 3.8) is 0 Å². The smallest absolute Gasteiger partial charge is 0.410 e. The second-order valence-corrected chi connectivity index (χ2v) is 17.8. The van der Waals surface area contributed by atoms with Crippen molar-refractivity contribution >= 4 is 28.9 Å². The van der Waals surface area contributed by atoms with E-state index < -0.39 is 23.8 Å². The Kier molecular flexibility index (Phi) is 16.2. The number of oxime groups is 1. The van der Waals surface area contributed by atoms with Gasteiger partial charge in [0, 0.05) is 36.7 Å². The lowest BCUT2D eigenvalue weighted by Crippen LogP contribution is -2.70. The van der Waals surface area contributed by atoms with Gasteiger partial charge in [0.2, 0.25) is 5.79 Å². The van der Waals surface area contributed by atoms with Crippen molar-refractivity contribution in [2.75, 3.05) is 26.4 Å². The van der Waals surface area contributed by atoms with Crippen LogP contribution in [0.5, 0.6) is 17.2 Å². The summed E-state index contributed by atoms with van der Waals surface area (Å²) in [6.07, 6.45) is 11.1. The Bertz CT molecular complexity index is 2590. The molecule has 2 aliphatic carbocycles. The second-order valence-electron chi connectivity index (χ2n) is 17.8. The van der Waals surface area contributed by atoms with Gasteiger partial charge in [-0.25, -0.2) is 4.79 Å². The number of amides is 1. The van der Waals surface area contributed by atoms with Crippen LogP contribution in [-0.4, -0.2) is 71.5 Å². The SMILES string of the molecule is C=CCCOC(=O)N(Cc1cccc2ccccc12)[C@H]1CC(=NOCc2ccccc2)C2=C[C@H](CCCCO)[C@@H](CCCCO)[C@@H]3c4cc(Oc5cccc(C=O)c5)ccc4O[C@@]1(OCC=C)[C@H]23. The lowest BCUT2D eigenvalue weighted by atomic mass is 9.55. The number of allylic oxidation sites excluding steroid dienone is 1. The van der Waals surface area contributed by atoms with Crippen molar-refractivity contribution in [2.45, 2.75) is 82.3 Å². The molecule has 0 aromatic heterocycles. The third-order valence-electron chi connectivity index (χ3n) is 13.5. The van der Waals surface area contributed by atoms with Crippen LogP contribution in [0.15, 0.2) is 157 Å². The molecule has 1 amide bonds. The van der Waals surface area contributed by atoms with Crippen LogP contribution in [-0.2, 0) is 27.5 Å². The minimum atomic E-state index is -1.51. The van der Waals surface area contributed by atoms with Crippen molar-refractivity contribution in [1.29, 1.82) is 0 Å². The lowest BCUT2D eigenvalue weighted by Gasteiger charge is -2.59. The molecule has 11 nitrogen and oxygen atoms in total. The maximum atomic E-state index is 15.0. The number of benzene rings is 5. The fourth-order valence-corrected chi connectivity index (χ4v) is 10.5. The van der Waals surface area contributed by atoms with Crippen LogP contribution in [0.3, 0.4) is 0 Å². The molecule has 354 valence electrons. The van der Waals surface area contributed by atoms with Crippen molar-refractivity contribution in [3.05, 3.63) is 174 Å². The fraction of sp³-hybridized carbons (Fsp3) is 0.351. The topological polar surface area (TPSA) is 136 Å². The van der Waals surface area contributed by atoms with Gasteiger partial charge in [0.15, 0.2) is 0 Å². The molecule has 11 heteroatoms. The number of aliphatic hydroxyl groups is 2. The maximum absolute atomic E-state index is 15.0. The fourth-order valence-electron chi connectivity index (χ4n) is 10.5. The van der Waals surface area contributed by atoms with Gasteiger partial charge in [0.05, 0.1) is 31.4 Å². The third-order valence-corrected chi connectivity index (χ3v) is 13.5. The van der Waals surface area contributed by atoms with E-state index in [2.05, 4.69) is 37.4 Å². The summed E-state index contributed by atoms with van der Waals surface area (Å²) in [7, 11) is 0. The Morgan fingerprint density at radius 1 is 0.853 bits per heavy atom. The predicted molar refractivity (Wildman–Crippen MR) is 264 cm³/mol. The van der Waals surface area contributed by atoms with Crippen molar-refractivity contribution < 1.29 is 43.6 Å². The van der Waals surface area contributed by atoms with Crippen LogP contribution in [0.25, 0.3) is 10.8 Å². The van der Waals surface area contributed by atoms with Crippen LogP contribution in [0.2, 0.25) is 0 Å². The van der Waals surface area contributed by atoms with E-state index in [1.54, 1.807) is 35.3 Å². The van der Waals surface area contributed by atoms with E-state index in [4.69, 9.17) is 28.9 Å². The minimum Gasteiger partial charge on any atom is -0.459 e. The number of aldehydes is 1. The van der Waals surface area contributed by atoms with E-state index in [0.717, 1.165) is 65.0 Å². The van der Waals surface area contributed by atoms with Gasteiger partial charge in [-0.2, -0.15) is 0 Å². The molecular weight excluding hydrogens is 857 g/mol. The highest BCUT2D eigenvalue weighted by molar-refractivity contribution is 6.03. The number of unbranched alkanes of at least 4 members (excludes halogenated alkanes) is 2. The number of carbonyl (C=O) groups excluding carboxylic acids is 2. The maximum Gasteiger partial charge on any atom is 0.410 e. The first-order chi connectivity index (χ1) is 33.4. The highest BCUT2D eigenvalue weighted by Crippen LogP contribution is 2.62. The van der Waals surface area contributed by atoms with Gasteiger partial charge in [0.25, 0.3) is 0 Å². The number of nitrogens with zero attached hydrogens (tertiary/aromatic N) is 2. The first kappa shape index (κ1) is 47.9. The lowest BCUT2D eigenvalue weighted by molar-refractivity contribution is -0.256. The summed E-state index contributed by atoms with van der Waals surface area (Å²) in [5.74, 6) is -0.661. The number of rotatable bonds is 23. The van der Waals surface area contributed by atoms with Gasteiger partial charge in [-0.05, 0) is 102 Å². The summed E-state index contributed by atoms with van der Waals surface area (Å²) in [6, 6.07) is 36.1. The standard InChI is InChI=1S/C57H62N2O9/c1-3-5-32-64-56(63)59(37-44-23-16-22-42-20-9-10-25-47(42)44)53-36-51(58-66-39-40-17-7-6-8-18-40)49-34-43(21-11-13-29-60)48(26-12-14-30-61)54-50-35-46(67-45-24-15-19-41(33-45)38-62)27-28-52(50)68-57(53,55(49)54)65-31-4-2/h3-4,6-10,15-20,22-25,27-28,33-35,38,43,48,53-55,60-61H,1-2,5,11-14,21,26,29-32,36-37,39H2/t43-,48+,53-,54+,55+,57+/m0/s1. The van der Waals surface area contributed by atoms with Crippen molar-refractivity contribution in [2.24, 2.45) is 22.9 Å². The van der Waals surface area contributed by atoms with E-state index >= 15 is 4.79 Å². The van der Waals surface area contributed by atoms with Crippen LogP contribution in [0.4, 0.5) is 4.79 Å². The van der Waals surface area contributed by atoms with Crippen LogP contribution >= 0.6 is 0 Å². The molecule has 1 heterocycles. The molecule has 1 saturated carbocycles. The Hall–Kier alpha value is -6.53. The zero-order valence-corrected chi connectivity index (χ0v) is 38.6. The van der Waals surface area contributed by atoms with E-state index in [-0.39, 0.29) is 63.8 Å². The normalized spacial score (nSPS) is 21.9. The van der Waals surface area contributed by atoms with Gasteiger partial charge in [-0.1, -0.05) is 121 Å². The molecule has 1 fully saturated rings. The minimum absolute atomic E-state index is 0.00622. The van der Waals surface area contributed by atoms with Crippen LogP contribution < -0.4 is 9.47 Å². The molecule has 2 N–H and O–H groups in total. The number of carbonyl (C=O) groups is 2. The highest BCUT2D eigenvalue weighted by atomic mass is 16.7. The average molecular weight is 919 g/mol. The molecule has 8 rings (SSSR count). The van der Waals surface area contributed by atoms with Crippen molar-refractivity contribution in [1.82, 2.24) is 4.90 Å². The Labute approximate surface area is 399 Å². The van der Waals surface area contributed by atoms with Gasteiger partial charge >= 0.3 is 6.09 Å². The summed E-state index contributed by atoms with van der Waals surface area (Å²) in [5, 5.41) is 27.1. The Balaban J connectivity index is 1.35. The van der Waals surface area contributed by atoms with Crippen LogP contribution in [0.1, 0.15) is 84.3 Å². The first-order valence-electron chi connectivity index (χ1n) is 23.9. The van der Waals surface area contributed by atoms with E-state index in [1.807, 2.05) is 78.9 Å². The number of ether oxygens (including phenoxy) is 4.